The molecule has 1 amide bonds. The monoisotopic (exact) mass is 367 g/mol. The first-order valence-electron chi connectivity index (χ1n) is 10.0. The minimum atomic E-state index is 0.146. The van der Waals surface area contributed by atoms with Crippen LogP contribution in [-0.4, -0.2) is 30.7 Å². The first-order chi connectivity index (χ1) is 13.3. The number of piperidine rings is 1. The lowest BCUT2D eigenvalue weighted by atomic mass is 10.1. The Morgan fingerprint density at radius 2 is 1.74 bits per heavy atom. The number of allylic oxidation sites excluding steroid dienone is 4. The molecule has 0 bridgehead atoms. The van der Waals surface area contributed by atoms with E-state index in [1.807, 2.05) is 35.3 Å². The lowest BCUT2D eigenvalue weighted by Crippen LogP contribution is -2.34. The summed E-state index contributed by atoms with van der Waals surface area (Å²) in [7, 11) is 0. The molecule has 1 aromatic rings. The molecule has 2 aliphatic heterocycles. The third-order valence-electron chi connectivity index (χ3n) is 4.85. The van der Waals surface area contributed by atoms with Gasteiger partial charge in [0, 0.05) is 19.2 Å². The zero-order valence-corrected chi connectivity index (χ0v) is 15.9. The number of fused-ring (bicyclic) bond motifs is 1. The van der Waals surface area contributed by atoms with Crippen LogP contribution in [0.25, 0.3) is 6.08 Å². The molecule has 144 valence electrons. The minimum absolute atomic E-state index is 0.146. The summed E-state index contributed by atoms with van der Waals surface area (Å²) in [6.45, 7) is 2.14. The average molecular weight is 367 g/mol. The van der Waals surface area contributed by atoms with Gasteiger partial charge in [-0.1, -0.05) is 36.4 Å². The number of hydrogen-bond acceptors (Lipinski definition) is 3. The van der Waals surface area contributed by atoms with E-state index in [0.717, 1.165) is 68.7 Å². The van der Waals surface area contributed by atoms with Crippen LogP contribution in [-0.2, 0) is 4.79 Å². The van der Waals surface area contributed by atoms with E-state index in [1.165, 1.54) is 6.42 Å². The number of ether oxygens (including phenoxy) is 2. The quantitative estimate of drug-likeness (QED) is 0.364. The Hall–Kier alpha value is -2.49. The molecule has 0 unspecified atom stereocenters. The second-order valence-corrected chi connectivity index (χ2v) is 6.97. The fourth-order valence-corrected chi connectivity index (χ4v) is 3.29. The normalized spacial score (nSPS) is 16.8. The topological polar surface area (TPSA) is 38.8 Å². The fraction of sp³-hybridized carbons (Fsp3) is 0.435. The first kappa shape index (κ1) is 19.3. The maximum Gasteiger partial charge on any atom is 0.246 e. The van der Waals surface area contributed by atoms with Gasteiger partial charge >= 0.3 is 0 Å². The summed E-state index contributed by atoms with van der Waals surface area (Å²) in [5.41, 5.74) is 1.14. The van der Waals surface area contributed by atoms with Crippen molar-refractivity contribution in [3.05, 3.63) is 54.1 Å². The number of nitrogens with zero attached hydrogens (tertiary/aromatic N) is 1. The van der Waals surface area contributed by atoms with E-state index in [2.05, 4.69) is 18.2 Å². The second-order valence-electron chi connectivity index (χ2n) is 6.97. The van der Waals surface area contributed by atoms with E-state index in [9.17, 15) is 4.79 Å². The van der Waals surface area contributed by atoms with Crippen molar-refractivity contribution in [1.29, 1.82) is 0 Å². The van der Waals surface area contributed by atoms with Gasteiger partial charge in [-0.25, -0.2) is 0 Å². The Morgan fingerprint density at radius 1 is 0.963 bits per heavy atom. The number of carbonyl (C=O) groups is 1. The smallest absolute Gasteiger partial charge is 0.246 e. The van der Waals surface area contributed by atoms with Crippen LogP contribution in [0.1, 0.15) is 50.5 Å². The molecule has 2 heterocycles. The van der Waals surface area contributed by atoms with Gasteiger partial charge in [0.1, 0.15) is 0 Å². The summed E-state index contributed by atoms with van der Waals surface area (Å²) in [6, 6.07) is 6.01. The number of carbonyl (C=O) groups excluding carboxylic acids is 1. The zero-order valence-electron chi connectivity index (χ0n) is 15.9. The maximum atomic E-state index is 12.0. The summed E-state index contributed by atoms with van der Waals surface area (Å²) in [6.07, 6.45) is 20.0. The SMILES string of the molecule is O=C(/C=C/C=C/CCCC/C=C/c1ccc2c(c1)OCO2)N1CCCCC1. The summed E-state index contributed by atoms with van der Waals surface area (Å²) in [5, 5.41) is 0. The van der Waals surface area contributed by atoms with Gasteiger partial charge in [0.25, 0.3) is 0 Å². The van der Waals surface area contributed by atoms with Crippen molar-refractivity contribution >= 4 is 12.0 Å². The van der Waals surface area contributed by atoms with E-state index in [4.69, 9.17) is 9.47 Å². The summed E-state index contributed by atoms with van der Waals surface area (Å²) in [5.74, 6) is 1.80. The third kappa shape index (κ3) is 6.31. The molecule has 0 radical (unpaired) electrons. The standard InChI is InChI=1S/C23H29NO3/c25-23(24-16-10-7-11-17-24)13-9-6-4-2-1-3-5-8-12-20-14-15-21-22(18-20)27-19-26-21/h4,6,8-9,12-15,18H,1-3,5,7,10-11,16-17,19H2/b6-4+,12-8+,13-9+. The number of rotatable bonds is 8. The molecule has 0 spiro atoms. The fourth-order valence-electron chi connectivity index (χ4n) is 3.29. The van der Waals surface area contributed by atoms with Crippen LogP contribution in [0.3, 0.4) is 0 Å². The van der Waals surface area contributed by atoms with Crippen molar-refractivity contribution in [2.45, 2.75) is 44.9 Å². The van der Waals surface area contributed by atoms with Gasteiger partial charge in [-0.3, -0.25) is 4.79 Å². The number of unbranched alkanes of at least 4 members (excludes halogenated alkanes) is 3. The average Bonchev–Trinajstić information content (AvgIpc) is 3.17. The molecule has 0 saturated carbocycles. The van der Waals surface area contributed by atoms with Crippen LogP contribution < -0.4 is 9.47 Å². The van der Waals surface area contributed by atoms with Gasteiger partial charge < -0.3 is 14.4 Å². The van der Waals surface area contributed by atoms with Gasteiger partial charge in [-0.2, -0.15) is 0 Å². The number of benzene rings is 1. The van der Waals surface area contributed by atoms with Gasteiger partial charge in [-0.05, 0) is 62.6 Å². The van der Waals surface area contributed by atoms with Crippen molar-refractivity contribution in [3.8, 4) is 11.5 Å². The van der Waals surface area contributed by atoms with Crippen LogP contribution in [0.5, 0.6) is 11.5 Å². The van der Waals surface area contributed by atoms with E-state index < -0.39 is 0 Å². The van der Waals surface area contributed by atoms with Crippen LogP contribution in [0.15, 0.2) is 48.6 Å². The van der Waals surface area contributed by atoms with E-state index >= 15 is 0 Å². The number of amides is 1. The van der Waals surface area contributed by atoms with Crippen LogP contribution in [0, 0.1) is 0 Å². The molecule has 27 heavy (non-hydrogen) atoms. The Kier molecular flexibility index (Phi) is 7.57. The lowest BCUT2D eigenvalue weighted by molar-refractivity contribution is -0.126. The molecule has 0 N–H and O–H groups in total. The highest BCUT2D eigenvalue weighted by atomic mass is 16.7. The van der Waals surface area contributed by atoms with Crippen LogP contribution >= 0.6 is 0 Å². The largest absolute Gasteiger partial charge is 0.454 e. The Morgan fingerprint density at radius 3 is 2.59 bits per heavy atom. The number of likely N-dealkylation sites (tertiary alicyclic amines) is 1. The van der Waals surface area contributed by atoms with E-state index in [-0.39, 0.29) is 5.91 Å². The maximum absolute atomic E-state index is 12.0. The number of hydrogen-bond donors (Lipinski definition) is 0. The Balaban J connectivity index is 1.26. The highest BCUT2D eigenvalue weighted by Gasteiger charge is 2.13. The highest BCUT2D eigenvalue weighted by Crippen LogP contribution is 2.32. The second kappa shape index (κ2) is 10.6. The molecular formula is C23H29NO3. The molecule has 0 atom stereocenters. The predicted molar refractivity (Wildman–Crippen MR) is 109 cm³/mol. The van der Waals surface area contributed by atoms with Crippen LogP contribution in [0.4, 0.5) is 0 Å². The Labute approximate surface area is 162 Å². The summed E-state index contributed by atoms with van der Waals surface area (Å²) >= 11 is 0. The Bertz CT molecular complexity index is 700. The zero-order chi connectivity index (χ0) is 18.7. The van der Waals surface area contributed by atoms with Crippen molar-refractivity contribution in [1.82, 2.24) is 4.90 Å². The molecule has 1 saturated heterocycles. The van der Waals surface area contributed by atoms with Gasteiger partial charge in [0.15, 0.2) is 11.5 Å². The molecular weight excluding hydrogens is 338 g/mol. The molecule has 2 aliphatic rings. The molecule has 0 aromatic heterocycles. The van der Waals surface area contributed by atoms with Crippen molar-refractivity contribution < 1.29 is 14.3 Å². The molecule has 0 aliphatic carbocycles. The minimum Gasteiger partial charge on any atom is -0.454 e. The van der Waals surface area contributed by atoms with Crippen LogP contribution in [0.2, 0.25) is 0 Å². The lowest BCUT2D eigenvalue weighted by Gasteiger charge is -2.25. The van der Waals surface area contributed by atoms with Crippen molar-refractivity contribution in [2.75, 3.05) is 19.9 Å². The summed E-state index contributed by atoms with van der Waals surface area (Å²) < 4.78 is 10.7. The molecule has 1 aromatic carbocycles. The highest BCUT2D eigenvalue weighted by molar-refractivity contribution is 5.87. The van der Waals surface area contributed by atoms with Gasteiger partial charge in [0.2, 0.25) is 12.7 Å². The predicted octanol–water partition coefficient (Wildman–Crippen LogP) is 5.11. The molecule has 4 nitrogen and oxygen atoms in total. The molecule has 1 fully saturated rings. The first-order valence-corrected chi connectivity index (χ1v) is 10.0. The van der Waals surface area contributed by atoms with Gasteiger partial charge in [-0.15, -0.1) is 0 Å². The van der Waals surface area contributed by atoms with Crippen molar-refractivity contribution in [2.24, 2.45) is 0 Å². The van der Waals surface area contributed by atoms with E-state index in [1.54, 1.807) is 6.08 Å². The third-order valence-corrected chi connectivity index (χ3v) is 4.85. The molecule has 3 rings (SSSR count). The van der Waals surface area contributed by atoms with Gasteiger partial charge in [0.05, 0.1) is 0 Å². The molecule has 4 heteroatoms. The van der Waals surface area contributed by atoms with E-state index in [0.29, 0.717) is 6.79 Å². The van der Waals surface area contributed by atoms with Crippen molar-refractivity contribution in [3.63, 3.8) is 0 Å². The summed E-state index contributed by atoms with van der Waals surface area (Å²) in [4.78, 5) is 13.9.